The number of benzene rings is 1. The molecule has 1 saturated heterocycles. The van der Waals surface area contributed by atoms with Gasteiger partial charge in [0.1, 0.15) is 17.0 Å². The fourth-order valence-corrected chi connectivity index (χ4v) is 4.24. The van der Waals surface area contributed by atoms with Crippen molar-refractivity contribution >= 4 is 27.4 Å². The molecule has 26 heavy (non-hydrogen) atoms. The third-order valence-electron chi connectivity index (χ3n) is 4.73. The maximum absolute atomic E-state index is 13.9. The van der Waals surface area contributed by atoms with Crippen molar-refractivity contribution in [2.45, 2.75) is 13.5 Å². The highest BCUT2D eigenvalue weighted by molar-refractivity contribution is 7.18. The van der Waals surface area contributed by atoms with E-state index in [1.54, 1.807) is 29.8 Å². The standard InChI is InChI=1S/C19H21FN4OS/c1-13-9-15-18(21-12-22-19(15)26-13)24-7-5-23(6-8-24)11-14-3-4-17(25-2)16(20)10-14/h3-4,9-10,12H,5-8,11H2,1-2H3. The highest BCUT2D eigenvalue weighted by atomic mass is 32.1. The Morgan fingerprint density at radius 3 is 2.69 bits per heavy atom. The van der Waals surface area contributed by atoms with Crippen molar-refractivity contribution in [2.75, 3.05) is 38.2 Å². The zero-order valence-corrected chi connectivity index (χ0v) is 15.7. The minimum absolute atomic E-state index is 0.289. The van der Waals surface area contributed by atoms with E-state index in [-0.39, 0.29) is 11.6 Å². The molecule has 0 N–H and O–H groups in total. The van der Waals surface area contributed by atoms with Crippen LogP contribution < -0.4 is 9.64 Å². The summed E-state index contributed by atoms with van der Waals surface area (Å²) in [6, 6.07) is 7.35. The first-order chi connectivity index (χ1) is 12.6. The average molecular weight is 372 g/mol. The largest absolute Gasteiger partial charge is 0.494 e. The smallest absolute Gasteiger partial charge is 0.165 e. The second kappa shape index (κ2) is 7.17. The van der Waals surface area contributed by atoms with Crippen LogP contribution >= 0.6 is 11.3 Å². The molecule has 0 aliphatic carbocycles. The minimum Gasteiger partial charge on any atom is -0.494 e. The SMILES string of the molecule is COc1ccc(CN2CCN(c3ncnc4sc(C)cc34)CC2)cc1F. The molecule has 2 aromatic heterocycles. The molecule has 0 bridgehead atoms. The number of aromatic nitrogens is 2. The topological polar surface area (TPSA) is 41.5 Å². The molecular formula is C19H21FN4OS. The molecule has 3 heterocycles. The first-order valence-electron chi connectivity index (χ1n) is 8.65. The van der Waals surface area contributed by atoms with Crippen molar-refractivity contribution in [2.24, 2.45) is 0 Å². The highest BCUT2D eigenvalue weighted by Gasteiger charge is 2.21. The van der Waals surface area contributed by atoms with E-state index >= 15 is 0 Å². The van der Waals surface area contributed by atoms with Gasteiger partial charge >= 0.3 is 0 Å². The minimum atomic E-state index is -0.306. The Morgan fingerprint density at radius 2 is 1.96 bits per heavy atom. The normalized spacial score (nSPS) is 15.6. The lowest BCUT2D eigenvalue weighted by molar-refractivity contribution is 0.249. The van der Waals surface area contributed by atoms with E-state index in [4.69, 9.17) is 4.74 Å². The average Bonchev–Trinajstić information content (AvgIpc) is 3.03. The summed E-state index contributed by atoms with van der Waals surface area (Å²) in [5.74, 6) is 1.01. The molecule has 0 saturated carbocycles. The number of fused-ring (bicyclic) bond motifs is 1. The van der Waals surface area contributed by atoms with E-state index in [1.165, 1.54) is 12.0 Å². The Labute approximate surface area is 156 Å². The van der Waals surface area contributed by atoms with Crippen LogP contribution in [0.3, 0.4) is 0 Å². The molecule has 0 amide bonds. The molecule has 0 unspecified atom stereocenters. The van der Waals surface area contributed by atoms with Crippen LogP contribution in [0.25, 0.3) is 10.2 Å². The van der Waals surface area contributed by atoms with Crippen molar-refractivity contribution in [3.05, 3.63) is 46.9 Å². The fraction of sp³-hybridized carbons (Fsp3) is 0.368. The van der Waals surface area contributed by atoms with E-state index < -0.39 is 0 Å². The Bertz CT molecular complexity index is 921. The highest BCUT2D eigenvalue weighted by Crippen LogP contribution is 2.30. The number of hydrogen-bond donors (Lipinski definition) is 0. The molecular weight excluding hydrogens is 351 g/mol. The van der Waals surface area contributed by atoms with Gasteiger partial charge in [-0.15, -0.1) is 11.3 Å². The van der Waals surface area contributed by atoms with E-state index in [2.05, 4.69) is 32.8 Å². The van der Waals surface area contributed by atoms with Gasteiger partial charge in [-0.2, -0.15) is 0 Å². The number of hydrogen-bond acceptors (Lipinski definition) is 6. The van der Waals surface area contributed by atoms with Crippen molar-refractivity contribution in [3.8, 4) is 5.75 Å². The maximum atomic E-state index is 13.9. The Hall–Kier alpha value is -2.25. The number of thiophene rings is 1. The van der Waals surface area contributed by atoms with Gasteiger partial charge < -0.3 is 9.64 Å². The number of methoxy groups -OCH3 is 1. The lowest BCUT2D eigenvalue weighted by atomic mass is 10.1. The first kappa shape index (κ1) is 17.2. The van der Waals surface area contributed by atoms with Crippen molar-refractivity contribution in [1.29, 1.82) is 0 Å². The van der Waals surface area contributed by atoms with Crippen LogP contribution in [0, 0.1) is 12.7 Å². The second-order valence-electron chi connectivity index (χ2n) is 6.51. The summed E-state index contributed by atoms with van der Waals surface area (Å²) in [7, 11) is 1.48. The van der Waals surface area contributed by atoms with E-state index in [9.17, 15) is 4.39 Å². The van der Waals surface area contributed by atoms with E-state index in [0.717, 1.165) is 54.3 Å². The number of halogens is 1. The van der Waals surface area contributed by atoms with E-state index in [1.807, 2.05) is 6.07 Å². The molecule has 7 heteroatoms. The van der Waals surface area contributed by atoms with Gasteiger partial charge in [-0.05, 0) is 30.7 Å². The molecule has 3 aromatic rings. The Balaban J connectivity index is 1.43. The van der Waals surface area contributed by atoms with E-state index in [0.29, 0.717) is 0 Å². The van der Waals surface area contributed by atoms with Crippen LogP contribution in [0.5, 0.6) is 5.75 Å². The van der Waals surface area contributed by atoms with Gasteiger partial charge in [0.05, 0.1) is 12.5 Å². The summed E-state index contributed by atoms with van der Waals surface area (Å²) in [6.07, 6.45) is 1.65. The number of piperazine rings is 1. The van der Waals surface area contributed by atoms with Crippen LogP contribution in [0.2, 0.25) is 0 Å². The van der Waals surface area contributed by atoms with Gasteiger partial charge in [-0.3, -0.25) is 4.90 Å². The molecule has 5 nitrogen and oxygen atoms in total. The van der Waals surface area contributed by atoms with Gasteiger partial charge in [0.2, 0.25) is 0 Å². The summed E-state index contributed by atoms with van der Waals surface area (Å²) in [6.45, 7) is 6.48. The molecule has 0 spiro atoms. The fourth-order valence-electron chi connectivity index (χ4n) is 3.40. The third kappa shape index (κ3) is 3.37. The summed E-state index contributed by atoms with van der Waals surface area (Å²) in [4.78, 5) is 15.9. The zero-order chi connectivity index (χ0) is 18.1. The Morgan fingerprint density at radius 1 is 1.15 bits per heavy atom. The number of aryl methyl sites for hydroxylation is 1. The molecule has 1 aliphatic rings. The summed E-state index contributed by atoms with van der Waals surface area (Å²) in [5, 5.41) is 1.14. The predicted molar refractivity (Wildman–Crippen MR) is 103 cm³/mol. The molecule has 136 valence electrons. The molecule has 4 rings (SSSR count). The number of nitrogens with zero attached hydrogens (tertiary/aromatic N) is 4. The predicted octanol–water partition coefficient (Wildman–Crippen LogP) is 3.47. The van der Waals surface area contributed by atoms with Gasteiger partial charge in [0.25, 0.3) is 0 Å². The monoisotopic (exact) mass is 372 g/mol. The van der Waals surface area contributed by atoms with Gasteiger partial charge in [-0.25, -0.2) is 14.4 Å². The van der Waals surface area contributed by atoms with Crippen LogP contribution in [0.1, 0.15) is 10.4 Å². The molecule has 0 atom stereocenters. The third-order valence-corrected chi connectivity index (χ3v) is 5.68. The van der Waals surface area contributed by atoms with Crippen molar-refractivity contribution < 1.29 is 9.13 Å². The summed E-state index contributed by atoms with van der Waals surface area (Å²) < 4.78 is 18.9. The van der Waals surface area contributed by atoms with Crippen LogP contribution in [-0.2, 0) is 6.54 Å². The molecule has 1 fully saturated rings. The number of ether oxygens (including phenoxy) is 1. The van der Waals surface area contributed by atoms with Crippen LogP contribution in [0.15, 0.2) is 30.6 Å². The Kier molecular flexibility index (Phi) is 4.74. The van der Waals surface area contributed by atoms with Crippen molar-refractivity contribution in [1.82, 2.24) is 14.9 Å². The molecule has 0 radical (unpaired) electrons. The van der Waals surface area contributed by atoms with Crippen LogP contribution in [-0.4, -0.2) is 48.2 Å². The van der Waals surface area contributed by atoms with Gasteiger partial charge in [0.15, 0.2) is 11.6 Å². The number of rotatable bonds is 4. The lowest BCUT2D eigenvalue weighted by Gasteiger charge is -2.35. The molecule has 1 aromatic carbocycles. The summed E-state index contributed by atoms with van der Waals surface area (Å²) in [5.41, 5.74) is 0.967. The quantitative estimate of drug-likeness (QED) is 0.701. The molecule has 1 aliphatic heterocycles. The van der Waals surface area contributed by atoms with Crippen molar-refractivity contribution in [3.63, 3.8) is 0 Å². The second-order valence-corrected chi connectivity index (χ2v) is 7.74. The zero-order valence-electron chi connectivity index (χ0n) is 14.9. The van der Waals surface area contributed by atoms with Crippen LogP contribution in [0.4, 0.5) is 10.2 Å². The number of anilines is 1. The first-order valence-corrected chi connectivity index (χ1v) is 9.46. The maximum Gasteiger partial charge on any atom is 0.165 e. The van der Waals surface area contributed by atoms with Gasteiger partial charge in [-0.1, -0.05) is 6.07 Å². The van der Waals surface area contributed by atoms with Gasteiger partial charge in [0, 0.05) is 37.6 Å². The lowest BCUT2D eigenvalue weighted by Crippen LogP contribution is -2.46. The summed E-state index contributed by atoms with van der Waals surface area (Å²) >= 11 is 1.70.